The summed E-state index contributed by atoms with van der Waals surface area (Å²) in [5.74, 6) is 1.57. The van der Waals surface area contributed by atoms with E-state index in [9.17, 15) is 13.2 Å². The highest BCUT2D eigenvalue weighted by Crippen LogP contribution is 2.34. The van der Waals surface area contributed by atoms with Gasteiger partial charge in [-0.25, -0.2) is 9.67 Å². The molecule has 0 saturated carbocycles. The molecule has 1 aliphatic heterocycles. The third-order valence-corrected chi connectivity index (χ3v) is 5.83. The molecule has 1 unspecified atom stereocenters. The molecule has 13 heteroatoms. The van der Waals surface area contributed by atoms with E-state index >= 15 is 0 Å². The van der Waals surface area contributed by atoms with E-state index in [1.54, 1.807) is 6.21 Å². The molecule has 0 amide bonds. The van der Waals surface area contributed by atoms with Crippen molar-refractivity contribution in [1.82, 2.24) is 25.5 Å². The number of fused-ring (bicyclic) bond motifs is 1. The predicted octanol–water partition coefficient (Wildman–Crippen LogP) is 5.12. The van der Waals surface area contributed by atoms with E-state index in [0.717, 1.165) is 22.4 Å². The van der Waals surface area contributed by atoms with Gasteiger partial charge in [0.15, 0.2) is 22.4 Å². The first kappa shape index (κ1) is 26.0. The Bertz CT molecular complexity index is 1490. The lowest BCUT2D eigenvalue weighted by molar-refractivity contribution is -0.274. The number of nitrogens with zero attached hydrogens (tertiary/aromatic N) is 4. The number of hydrogen-bond acceptors (Lipinski definition) is 7. The fraction of sp³-hybridized carbons (Fsp3) is 0.154. The molecule has 1 aromatic heterocycles. The quantitative estimate of drug-likeness (QED) is 0.185. The van der Waals surface area contributed by atoms with Gasteiger partial charge in [-0.3, -0.25) is 5.43 Å². The van der Waals surface area contributed by atoms with E-state index in [2.05, 4.69) is 30.7 Å². The first-order valence-electron chi connectivity index (χ1n) is 11.6. The minimum atomic E-state index is -4.74. The third kappa shape index (κ3) is 6.62. The first-order valence-corrected chi connectivity index (χ1v) is 12.0. The number of benzene rings is 3. The summed E-state index contributed by atoms with van der Waals surface area (Å²) >= 11 is 5.33. The van der Waals surface area contributed by atoms with Crippen molar-refractivity contribution in [3.05, 3.63) is 84.2 Å². The van der Waals surface area contributed by atoms with Crippen LogP contribution < -0.4 is 25.0 Å². The van der Waals surface area contributed by atoms with Crippen LogP contribution in [0, 0.1) is 0 Å². The van der Waals surface area contributed by atoms with Crippen LogP contribution in [0.15, 0.2) is 78.2 Å². The van der Waals surface area contributed by atoms with E-state index in [0.29, 0.717) is 22.4 Å². The maximum atomic E-state index is 12.3. The monoisotopic (exact) mass is 554 g/mol. The van der Waals surface area contributed by atoms with Gasteiger partial charge in [-0.05, 0) is 66.7 Å². The highest BCUT2D eigenvalue weighted by Gasteiger charge is 2.31. The molecule has 5 rings (SSSR count). The summed E-state index contributed by atoms with van der Waals surface area (Å²) in [5.41, 5.74) is 5.90. The van der Waals surface area contributed by atoms with Crippen molar-refractivity contribution < 1.29 is 27.4 Å². The van der Waals surface area contributed by atoms with Crippen LogP contribution in [0.25, 0.3) is 17.1 Å². The predicted molar refractivity (Wildman–Crippen MR) is 141 cm³/mol. The van der Waals surface area contributed by atoms with Crippen LogP contribution in [-0.4, -0.2) is 39.2 Å². The molecule has 4 aromatic rings. The largest absolute Gasteiger partial charge is 0.573 e. The number of alkyl halides is 3. The second-order valence-corrected chi connectivity index (χ2v) is 8.76. The van der Waals surface area contributed by atoms with Crippen molar-refractivity contribution in [2.24, 2.45) is 5.10 Å². The van der Waals surface area contributed by atoms with Gasteiger partial charge in [0.25, 0.3) is 0 Å². The Morgan fingerprint density at radius 2 is 1.82 bits per heavy atom. The minimum Gasteiger partial charge on any atom is -0.454 e. The van der Waals surface area contributed by atoms with Gasteiger partial charge in [0.1, 0.15) is 12.1 Å². The van der Waals surface area contributed by atoms with Gasteiger partial charge in [0, 0.05) is 5.56 Å². The number of halogens is 3. The lowest BCUT2D eigenvalue weighted by Gasteiger charge is -2.16. The van der Waals surface area contributed by atoms with Gasteiger partial charge in [0.05, 0.1) is 17.9 Å². The fourth-order valence-electron chi connectivity index (χ4n) is 3.70. The summed E-state index contributed by atoms with van der Waals surface area (Å²) in [5, 5.41) is 12.1. The second-order valence-electron chi connectivity index (χ2n) is 8.35. The van der Waals surface area contributed by atoms with Gasteiger partial charge in [-0.1, -0.05) is 30.3 Å². The molecule has 1 atom stereocenters. The zero-order valence-electron chi connectivity index (χ0n) is 20.3. The Kier molecular flexibility index (Phi) is 7.32. The Balaban J connectivity index is 1.14. The van der Waals surface area contributed by atoms with Crippen LogP contribution in [0.4, 0.5) is 13.2 Å². The number of aromatic nitrogens is 3. The van der Waals surface area contributed by atoms with Crippen LogP contribution in [-0.2, 0) is 0 Å². The summed E-state index contributed by atoms with van der Waals surface area (Å²) in [4.78, 5) is 4.29. The molecule has 0 radical (unpaired) electrons. The molecule has 39 heavy (non-hydrogen) atoms. The van der Waals surface area contributed by atoms with Crippen LogP contribution in [0.2, 0.25) is 0 Å². The average molecular weight is 555 g/mol. The van der Waals surface area contributed by atoms with Crippen molar-refractivity contribution in [3.63, 3.8) is 0 Å². The number of ether oxygens (including phenoxy) is 3. The van der Waals surface area contributed by atoms with Crippen LogP contribution in [0.1, 0.15) is 24.1 Å². The summed E-state index contributed by atoms with van der Waals surface area (Å²) in [7, 11) is 0. The van der Waals surface area contributed by atoms with E-state index in [-0.39, 0.29) is 18.6 Å². The molecule has 9 nitrogen and oxygen atoms in total. The number of hydrogen-bond donors (Lipinski definition) is 2. The van der Waals surface area contributed by atoms with Crippen LogP contribution in [0.3, 0.4) is 0 Å². The van der Waals surface area contributed by atoms with E-state index in [1.807, 2.05) is 49.4 Å². The summed E-state index contributed by atoms with van der Waals surface area (Å²) in [6, 6.07) is 18.3. The Morgan fingerprint density at radius 1 is 1.08 bits per heavy atom. The van der Waals surface area contributed by atoms with Crippen molar-refractivity contribution in [2.75, 3.05) is 6.79 Å². The highest BCUT2D eigenvalue weighted by atomic mass is 32.1. The SMILES string of the molecule is CC(NC(=S)NN=Cc1ccc(-c2ncn(-c3ccc(OC(F)(F)F)cc3)n2)cc1)c1ccc2c(c1)OCO2. The summed E-state index contributed by atoms with van der Waals surface area (Å²) in [6.07, 6.45) is -1.64. The molecule has 0 aliphatic carbocycles. The molecule has 2 heterocycles. The molecule has 0 bridgehead atoms. The smallest absolute Gasteiger partial charge is 0.454 e. The topological polar surface area (TPSA) is 94.8 Å². The number of thiocarbonyl (C=S) groups is 1. The normalized spacial score (nSPS) is 13.3. The molecule has 2 N–H and O–H groups in total. The summed E-state index contributed by atoms with van der Waals surface area (Å²) < 4.78 is 53.2. The molecule has 0 spiro atoms. The van der Waals surface area contributed by atoms with E-state index in [4.69, 9.17) is 21.7 Å². The number of rotatable bonds is 7. The maximum Gasteiger partial charge on any atom is 0.573 e. The van der Waals surface area contributed by atoms with Gasteiger partial charge >= 0.3 is 6.36 Å². The Labute approximate surface area is 226 Å². The van der Waals surface area contributed by atoms with E-state index in [1.165, 1.54) is 35.3 Å². The Morgan fingerprint density at radius 3 is 2.56 bits per heavy atom. The molecule has 1 aliphatic rings. The number of hydrazone groups is 1. The minimum absolute atomic E-state index is 0.0764. The van der Waals surface area contributed by atoms with Crippen LogP contribution >= 0.6 is 12.2 Å². The van der Waals surface area contributed by atoms with Gasteiger partial charge < -0.3 is 19.5 Å². The second kappa shape index (κ2) is 11.0. The Hall–Kier alpha value is -4.65. The lowest BCUT2D eigenvalue weighted by atomic mass is 10.1. The summed E-state index contributed by atoms with van der Waals surface area (Å²) in [6.45, 7) is 2.19. The van der Waals surface area contributed by atoms with Crippen molar-refractivity contribution in [1.29, 1.82) is 0 Å². The van der Waals surface area contributed by atoms with Crippen LogP contribution in [0.5, 0.6) is 17.2 Å². The zero-order valence-corrected chi connectivity index (χ0v) is 21.2. The molecule has 3 aromatic carbocycles. The molecule has 0 saturated heterocycles. The van der Waals surface area contributed by atoms with E-state index < -0.39 is 6.36 Å². The van der Waals surface area contributed by atoms with Crippen molar-refractivity contribution in [2.45, 2.75) is 19.3 Å². The molecule has 0 fully saturated rings. The van der Waals surface area contributed by atoms with Crippen molar-refractivity contribution in [3.8, 4) is 34.3 Å². The zero-order chi connectivity index (χ0) is 27.4. The maximum absolute atomic E-state index is 12.3. The lowest BCUT2D eigenvalue weighted by Crippen LogP contribution is -2.34. The molecular formula is C26H21F3N6O3S. The van der Waals surface area contributed by atoms with Gasteiger partial charge in [0.2, 0.25) is 6.79 Å². The number of nitrogens with one attached hydrogen (secondary N) is 2. The fourth-order valence-corrected chi connectivity index (χ4v) is 3.93. The molecular weight excluding hydrogens is 533 g/mol. The highest BCUT2D eigenvalue weighted by molar-refractivity contribution is 7.80. The average Bonchev–Trinajstić information content (AvgIpc) is 3.58. The standard InChI is InChI=1S/C26H21F3N6O3S/c1-16(19-6-11-22-23(12-19)37-15-36-22)32-25(39)33-31-13-17-2-4-18(5-3-17)24-30-14-35(34-24)20-7-9-21(10-8-20)38-26(27,28)29/h2-14,16H,15H2,1H3,(H2,32,33,39). The van der Waals surface area contributed by atoms with Gasteiger partial charge in [-0.15, -0.1) is 18.3 Å². The van der Waals surface area contributed by atoms with Gasteiger partial charge in [-0.2, -0.15) is 5.10 Å². The molecule has 200 valence electrons. The van der Waals surface area contributed by atoms with Crippen molar-refractivity contribution >= 4 is 23.5 Å². The first-order chi connectivity index (χ1) is 18.7. The third-order valence-electron chi connectivity index (χ3n) is 5.62.